The number of nitriles is 1. The smallest absolute Gasteiger partial charge is 0.325 e. The van der Waals surface area contributed by atoms with Gasteiger partial charge in [0.05, 0.1) is 11.6 Å². The van der Waals surface area contributed by atoms with E-state index in [1.54, 1.807) is 25.3 Å². The zero-order valence-electron chi connectivity index (χ0n) is 25.2. The Balaban J connectivity index is 1.73. The number of fused-ring (bicyclic) bond motifs is 1. The second-order valence-corrected chi connectivity index (χ2v) is 10.9. The highest BCUT2D eigenvalue weighted by Crippen LogP contribution is 2.35. The molecule has 2 heterocycles. The van der Waals surface area contributed by atoms with Gasteiger partial charge < -0.3 is 20.7 Å². The molecule has 0 saturated carbocycles. The van der Waals surface area contributed by atoms with Gasteiger partial charge in [-0.25, -0.2) is 4.98 Å². The molecular formula is C34H38N6O3. The van der Waals surface area contributed by atoms with Gasteiger partial charge in [0, 0.05) is 47.2 Å². The molecule has 3 N–H and O–H groups in total. The first-order valence-electron chi connectivity index (χ1n) is 14.3. The van der Waals surface area contributed by atoms with Crippen LogP contribution in [-0.2, 0) is 14.3 Å². The average Bonchev–Trinajstić information content (AvgIpc) is 3.39. The summed E-state index contributed by atoms with van der Waals surface area (Å²) in [6, 6.07) is 18.4. The Kier molecular flexibility index (Phi) is 10.1. The van der Waals surface area contributed by atoms with Gasteiger partial charge in [0.15, 0.2) is 6.23 Å². The lowest BCUT2D eigenvalue weighted by atomic mass is 10.0. The van der Waals surface area contributed by atoms with Crippen molar-refractivity contribution >= 4 is 28.6 Å². The van der Waals surface area contributed by atoms with Crippen molar-refractivity contribution in [3.8, 4) is 28.3 Å². The van der Waals surface area contributed by atoms with Crippen molar-refractivity contribution in [2.45, 2.75) is 39.5 Å². The number of carbonyl (C=O) groups excluding carboxylic acids is 2. The maximum atomic E-state index is 12.8. The largest absolute Gasteiger partial charge is 0.440 e. The Morgan fingerprint density at radius 1 is 1.12 bits per heavy atom. The molecule has 9 heteroatoms. The summed E-state index contributed by atoms with van der Waals surface area (Å²) < 4.78 is 7.60. The predicted molar refractivity (Wildman–Crippen MR) is 170 cm³/mol. The highest BCUT2D eigenvalue weighted by Gasteiger charge is 2.25. The minimum atomic E-state index is -0.725. The summed E-state index contributed by atoms with van der Waals surface area (Å²) in [5, 5.41) is 13.2. The Bertz CT molecular complexity index is 1680. The molecular weight excluding hydrogens is 540 g/mol. The van der Waals surface area contributed by atoms with Crippen molar-refractivity contribution in [1.29, 1.82) is 5.26 Å². The number of amides is 1. The molecule has 3 unspecified atom stereocenters. The molecule has 9 nitrogen and oxygen atoms in total. The van der Waals surface area contributed by atoms with E-state index in [0.717, 1.165) is 34.1 Å². The number of rotatable bonds is 11. The van der Waals surface area contributed by atoms with Crippen LogP contribution in [0, 0.1) is 17.2 Å². The molecule has 0 aliphatic carbocycles. The molecule has 0 aliphatic rings. The lowest BCUT2D eigenvalue weighted by Gasteiger charge is -2.21. The number of likely N-dealkylation sites (N-methyl/N-ethyl adjacent to an activating group) is 1. The summed E-state index contributed by atoms with van der Waals surface area (Å²) in [7, 11) is 3.88. The molecule has 2 aromatic heterocycles. The van der Waals surface area contributed by atoms with Crippen LogP contribution in [0.3, 0.4) is 0 Å². The van der Waals surface area contributed by atoms with Gasteiger partial charge in [0.2, 0.25) is 5.91 Å². The normalized spacial score (nSPS) is 13.5. The third-order valence-corrected chi connectivity index (χ3v) is 7.38. The number of anilines is 1. The topological polar surface area (TPSA) is 126 Å². The fourth-order valence-corrected chi connectivity index (χ4v) is 4.67. The van der Waals surface area contributed by atoms with E-state index in [-0.39, 0.29) is 11.8 Å². The number of pyridine rings is 1. The summed E-state index contributed by atoms with van der Waals surface area (Å²) in [5.74, 6) is -0.689. The maximum absolute atomic E-state index is 12.8. The Morgan fingerprint density at radius 2 is 1.86 bits per heavy atom. The Hall–Kier alpha value is -4.78. The molecule has 43 heavy (non-hydrogen) atoms. The van der Waals surface area contributed by atoms with Crippen molar-refractivity contribution in [1.82, 2.24) is 14.5 Å². The van der Waals surface area contributed by atoms with Crippen LogP contribution < -0.4 is 11.1 Å². The number of esters is 1. The van der Waals surface area contributed by atoms with E-state index in [0.29, 0.717) is 23.4 Å². The molecule has 0 spiro atoms. The SMILES string of the molecule is CCC(C)C(N)C(=O)OC(C)n1cc(-c2cccc(C#N)c2)c2cc(-c3cccc(NC(=O)/C=C/CN(C)C)c3)cnc21. The van der Waals surface area contributed by atoms with Gasteiger partial charge in [-0.15, -0.1) is 0 Å². The van der Waals surface area contributed by atoms with Crippen LogP contribution in [0.2, 0.25) is 0 Å². The second kappa shape index (κ2) is 13.9. The third kappa shape index (κ3) is 7.55. The Labute approximate surface area is 252 Å². The molecule has 2 aromatic carbocycles. The number of ether oxygens (including phenoxy) is 1. The highest BCUT2D eigenvalue weighted by atomic mass is 16.6. The summed E-state index contributed by atoms with van der Waals surface area (Å²) in [6.07, 6.45) is 7.07. The molecule has 222 valence electrons. The van der Waals surface area contributed by atoms with E-state index in [1.807, 2.05) is 92.1 Å². The van der Waals surface area contributed by atoms with E-state index < -0.39 is 18.2 Å². The molecule has 4 rings (SSSR count). The zero-order valence-corrected chi connectivity index (χ0v) is 25.2. The number of aromatic nitrogens is 2. The summed E-state index contributed by atoms with van der Waals surface area (Å²) in [6.45, 7) is 6.36. The fraction of sp³-hybridized carbons (Fsp3) is 0.294. The van der Waals surface area contributed by atoms with Crippen molar-refractivity contribution in [2.75, 3.05) is 26.0 Å². The van der Waals surface area contributed by atoms with Crippen LogP contribution in [0.5, 0.6) is 0 Å². The van der Waals surface area contributed by atoms with Gasteiger partial charge in [-0.2, -0.15) is 5.26 Å². The van der Waals surface area contributed by atoms with Crippen LogP contribution >= 0.6 is 0 Å². The molecule has 4 aromatic rings. The van der Waals surface area contributed by atoms with Gasteiger partial charge in [-0.05, 0) is 68.4 Å². The molecule has 0 saturated heterocycles. The van der Waals surface area contributed by atoms with Gasteiger partial charge >= 0.3 is 5.97 Å². The summed E-state index contributed by atoms with van der Waals surface area (Å²) in [4.78, 5) is 32.0. The van der Waals surface area contributed by atoms with Crippen LogP contribution in [-0.4, -0.2) is 53.0 Å². The summed E-state index contributed by atoms with van der Waals surface area (Å²) >= 11 is 0. The van der Waals surface area contributed by atoms with E-state index in [4.69, 9.17) is 15.5 Å². The number of hydrogen-bond donors (Lipinski definition) is 2. The summed E-state index contributed by atoms with van der Waals surface area (Å²) in [5.41, 5.74) is 11.3. The predicted octanol–water partition coefficient (Wildman–Crippen LogP) is 5.73. The van der Waals surface area contributed by atoms with Crippen molar-refractivity contribution in [3.63, 3.8) is 0 Å². The molecule has 0 radical (unpaired) electrons. The minimum absolute atomic E-state index is 0.0133. The van der Waals surface area contributed by atoms with E-state index in [9.17, 15) is 14.9 Å². The average molecular weight is 579 g/mol. The van der Waals surface area contributed by atoms with Gasteiger partial charge in [0.1, 0.15) is 11.7 Å². The molecule has 0 bridgehead atoms. The fourth-order valence-electron chi connectivity index (χ4n) is 4.67. The van der Waals surface area contributed by atoms with Gasteiger partial charge in [-0.1, -0.05) is 50.6 Å². The first-order chi connectivity index (χ1) is 20.6. The van der Waals surface area contributed by atoms with Gasteiger partial charge in [-0.3, -0.25) is 14.2 Å². The van der Waals surface area contributed by atoms with Crippen LogP contribution in [0.1, 0.15) is 39.0 Å². The van der Waals surface area contributed by atoms with Crippen molar-refractivity contribution in [3.05, 3.63) is 84.7 Å². The van der Waals surface area contributed by atoms with Gasteiger partial charge in [0.25, 0.3) is 0 Å². The number of nitrogens with two attached hydrogens (primary N) is 1. The number of carbonyl (C=O) groups is 2. The first kappa shape index (κ1) is 31.2. The quantitative estimate of drug-likeness (QED) is 0.172. The monoisotopic (exact) mass is 578 g/mol. The number of benzene rings is 2. The minimum Gasteiger partial charge on any atom is -0.440 e. The lowest BCUT2D eigenvalue weighted by Crippen LogP contribution is -2.38. The molecule has 0 fully saturated rings. The van der Waals surface area contributed by atoms with Crippen molar-refractivity contribution < 1.29 is 14.3 Å². The molecule has 3 atom stereocenters. The number of hydrogen-bond acceptors (Lipinski definition) is 7. The Morgan fingerprint density at radius 3 is 2.58 bits per heavy atom. The third-order valence-electron chi connectivity index (χ3n) is 7.38. The van der Waals surface area contributed by atoms with Crippen LogP contribution in [0.4, 0.5) is 5.69 Å². The number of nitrogens with zero attached hydrogens (tertiary/aromatic N) is 4. The molecule has 0 aliphatic heterocycles. The van der Waals surface area contributed by atoms with E-state index >= 15 is 0 Å². The highest BCUT2D eigenvalue weighted by molar-refractivity contribution is 6.00. The van der Waals surface area contributed by atoms with E-state index in [1.165, 1.54) is 6.08 Å². The second-order valence-electron chi connectivity index (χ2n) is 10.9. The standard InChI is InChI=1S/C34H38N6O3/c1-6-22(2)32(36)34(42)43-23(3)40-21-30(26-12-7-10-24(16-26)19-35)29-18-27(20-37-33(29)40)25-11-8-13-28(17-25)38-31(41)14-9-15-39(4)5/h7-14,16-18,20-23,32H,6,15,36H2,1-5H3,(H,38,41)/b14-9+. The van der Waals surface area contributed by atoms with Crippen LogP contribution in [0.25, 0.3) is 33.3 Å². The van der Waals surface area contributed by atoms with Crippen molar-refractivity contribution in [2.24, 2.45) is 11.7 Å². The number of nitrogens with one attached hydrogen (secondary N) is 1. The molecule has 1 amide bonds. The van der Waals surface area contributed by atoms with Crippen LogP contribution in [0.15, 0.2) is 79.1 Å². The zero-order chi connectivity index (χ0) is 31.1. The van der Waals surface area contributed by atoms with E-state index in [2.05, 4.69) is 11.4 Å². The first-order valence-corrected chi connectivity index (χ1v) is 14.3. The lowest BCUT2D eigenvalue weighted by molar-refractivity contribution is -0.155. The maximum Gasteiger partial charge on any atom is 0.325 e.